The molecule has 7 heteroatoms. The van der Waals surface area contributed by atoms with E-state index in [0.717, 1.165) is 48.4 Å². The molecule has 4 aliphatic rings. The Kier molecular flexibility index (Phi) is 4.30. The molecule has 2 N–H and O–H groups in total. The van der Waals surface area contributed by atoms with Gasteiger partial charge in [0.25, 0.3) is 0 Å². The van der Waals surface area contributed by atoms with Crippen molar-refractivity contribution in [2.24, 2.45) is 23.2 Å². The van der Waals surface area contributed by atoms with Crippen LogP contribution < -0.4 is 10.6 Å². The van der Waals surface area contributed by atoms with E-state index in [1.165, 1.54) is 30.6 Å². The SMILES string of the molecule is CCc1nnc(NC(=O)[C@H](C)NC(=O)C23CC4CC(CC(C4)C2)C3)s1. The summed E-state index contributed by atoms with van der Waals surface area (Å²) in [5.41, 5.74) is -0.221. The summed E-state index contributed by atoms with van der Waals surface area (Å²) in [6.07, 6.45) is 7.74. The number of anilines is 1. The molecule has 6 nitrogen and oxygen atoms in total. The Morgan fingerprint density at radius 3 is 2.28 bits per heavy atom. The Balaban J connectivity index is 1.38. The van der Waals surface area contributed by atoms with Crippen molar-refractivity contribution in [1.29, 1.82) is 0 Å². The second-order valence-corrected chi connectivity index (χ2v) is 9.30. The lowest BCUT2D eigenvalue weighted by atomic mass is 9.49. The van der Waals surface area contributed by atoms with E-state index in [0.29, 0.717) is 5.13 Å². The monoisotopic (exact) mass is 362 g/mol. The highest BCUT2D eigenvalue weighted by Crippen LogP contribution is 2.60. The highest BCUT2D eigenvalue weighted by atomic mass is 32.1. The van der Waals surface area contributed by atoms with Gasteiger partial charge in [0.05, 0.1) is 0 Å². The quantitative estimate of drug-likeness (QED) is 0.843. The van der Waals surface area contributed by atoms with Crippen molar-refractivity contribution in [3.8, 4) is 0 Å². The smallest absolute Gasteiger partial charge is 0.248 e. The molecular formula is C18H26N4O2S. The summed E-state index contributed by atoms with van der Waals surface area (Å²) in [7, 11) is 0. The molecule has 4 bridgehead atoms. The van der Waals surface area contributed by atoms with Gasteiger partial charge in [0, 0.05) is 5.41 Å². The van der Waals surface area contributed by atoms with Gasteiger partial charge in [0.1, 0.15) is 11.0 Å². The van der Waals surface area contributed by atoms with E-state index in [4.69, 9.17) is 0 Å². The number of nitrogens with zero attached hydrogens (tertiary/aromatic N) is 2. The third kappa shape index (κ3) is 3.18. The van der Waals surface area contributed by atoms with Crippen molar-refractivity contribution in [2.45, 2.75) is 64.8 Å². The average Bonchev–Trinajstić information content (AvgIpc) is 3.01. The van der Waals surface area contributed by atoms with Crippen molar-refractivity contribution >= 4 is 28.3 Å². The molecule has 0 aromatic carbocycles. The Morgan fingerprint density at radius 1 is 1.16 bits per heavy atom. The number of rotatable bonds is 5. The Hall–Kier alpha value is -1.50. The topological polar surface area (TPSA) is 84.0 Å². The van der Waals surface area contributed by atoms with Crippen LogP contribution in [0.5, 0.6) is 0 Å². The molecule has 0 unspecified atom stereocenters. The van der Waals surface area contributed by atoms with Crippen molar-refractivity contribution in [1.82, 2.24) is 15.5 Å². The maximum Gasteiger partial charge on any atom is 0.248 e. The van der Waals surface area contributed by atoms with Gasteiger partial charge in [-0.25, -0.2) is 0 Å². The minimum atomic E-state index is -0.561. The fourth-order valence-electron chi connectivity index (χ4n) is 5.46. The number of amides is 2. The number of aryl methyl sites for hydroxylation is 1. The maximum atomic E-state index is 13.0. The molecule has 0 spiro atoms. The normalized spacial score (nSPS) is 33.9. The molecule has 1 heterocycles. The first-order valence-electron chi connectivity index (χ1n) is 9.41. The van der Waals surface area contributed by atoms with Crippen LogP contribution in [0.2, 0.25) is 0 Å². The third-order valence-corrected chi connectivity index (χ3v) is 7.24. The van der Waals surface area contributed by atoms with Gasteiger partial charge in [-0.15, -0.1) is 10.2 Å². The van der Waals surface area contributed by atoms with Gasteiger partial charge >= 0.3 is 0 Å². The first-order valence-corrected chi connectivity index (χ1v) is 10.2. The summed E-state index contributed by atoms with van der Waals surface area (Å²) in [4.78, 5) is 25.4. The summed E-state index contributed by atoms with van der Waals surface area (Å²) in [6.45, 7) is 3.75. The van der Waals surface area contributed by atoms with Gasteiger partial charge in [-0.3, -0.25) is 14.9 Å². The third-order valence-electron chi connectivity index (χ3n) is 6.26. The number of carbonyl (C=O) groups excluding carboxylic acids is 2. The zero-order chi connectivity index (χ0) is 17.6. The number of hydrogen-bond donors (Lipinski definition) is 2. The first-order chi connectivity index (χ1) is 12.0. The maximum absolute atomic E-state index is 13.0. The van der Waals surface area contributed by atoms with Crippen molar-refractivity contribution < 1.29 is 9.59 Å². The summed E-state index contributed by atoms with van der Waals surface area (Å²) in [6, 6.07) is -0.561. The Labute approximate surface area is 152 Å². The summed E-state index contributed by atoms with van der Waals surface area (Å²) >= 11 is 1.38. The van der Waals surface area contributed by atoms with Crippen molar-refractivity contribution in [3.05, 3.63) is 5.01 Å². The number of hydrogen-bond acceptors (Lipinski definition) is 5. The average molecular weight is 362 g/mol. The first kappa shape index (κ1) is 16.9. The standard InChI is InChI=1S/C18H26N4O2S/c1-3-14-21-22-17(25-14)20-15(23)10(2)19-16(24)18-7-11-4-12(8-18)6-13(5-11)9-18/h10-13H,3-9H2,1-2H3,(H,19,24)(H,20,22,23)/t10-,11?,12?,13?,18?/m0/s1. The van der Waals surface area contributed by atoms with E-state index in [-0.39, 0.29) is 17.2 Å². The lowest BCUT2D eigenvalue weighted by Gasteiger charge is -2.55. The predicted molar refractivity (Wildman–Crippen MR) is 96.1 cm³/mol. The molecule has 0 radical (unpaired) electrons. The summed E-state index contributed by atoms with van der Waals surface area (Å²) in [5.74, 6) is 2.01. The highest BCUT2D eigenvalue weighted by Gasteiger charge is 2.54. The lowest BCUT2D eigenvalue weighted by Crippen LogP contribution is -2.56. The number of aromatic nitrogens is 2. The largest absolute Gasteiger partial charge is 0.344 e. The molecule has 136 valence electrons. The van der Waals surface area contributed by atoms with Gasteiger partial charge in [-0.2, -0.15) is 0 Å². The zero-order valence-corrected chi connectivity index (χ0v) is 15.7. The minimum Gasteiger partial charge on any atom is -0.344 e. The lowest BCUT2D eigenvalue weighted by molar-refractivity contribution is -0.147. The molecule has 1 aromatic heterocycles. The van der Waals surface area contributed by atoms with Crippen LogP contribution >= 0.6 is 11.3 Å². The summed E-state index contributed by atoms with van der Waals surface area (Å²) in [5, 5.41) is 15.1. The predicted octanol–water partition coefficient (Wildman–Crippen LogP) is 2.76. The van der Waals surface area contributed by atoms with Crippen LogP contribution in [-0.2, 0) is 16.0 Å². The van der Waals surface area contributed by atoms with Crippen LogP contribution in [0.1, 0.15) is 57.4 Å². The number of nitrogens with one attached hydrogen (secondary N) is 2. The fraction of sp³-hybridized carbons (Fsp3) is 0.778. The Morgan fingerprint density at radius 2 is 1.76 bits per heavy atom. The van der Waals surface area contributed by atoms with E-state index in [1.807, 2.05) is 6.92 Å². The molecule has 5 rings (SSSR count). The second kappa shape index (κ2) is 6.34. The zero-order valence-electron chi connectivity index (χ0n) is 14.9. The molecule has 4 fully saturated rings. The molecule has 4 aliphatic carbocycles. The minimum absolute atomic E-state index is 0.0840. The van der Waals surface area contributed by atoms with Crippen LogP contribution in [0.3, 0.4) is 0 Å². The molecule has 25 heavy (non-hydrogen) atoms. The molecule has 0 aliphatic heterocycles. The van der Waals surface area contributed by atoms with Gasteiger partial charge in [0.15, 0.2) is 0 Å². The van der Waals surface area contributed by atoms with E-state index in [9.17, 15) is 9.59 Å². The van der Waals surface area contributed by atoms with E-state index in [1.54, 1.807) is 6.92 Å². The molecule has 0 saturated heterocycles. The van der Waals surface area contributed by atoms with Crippen LogP contribution in [0.4, 0.5) is 5.13 Å². The van der Waals surface area contributed by atoms with Crippen LogP contribution in [0, 0.1) is 23.2 Å². The molecule has 4 saturated carbocycles. The van der Waals surface area contributed by atoms with E-state index in [2.05, 4.69) is 20.8 Å². The molecule has 1 aromatic rings. The fourth-order valence-corrected chi connectivity index (χ4v) is 6.15. The van der Waals surface area contributed by atoms with Gasteiger partial charge in [-0.05, 0) is 69.6 Å². The van der Waals surface area contributed by atoms with E-state index >= 15 is 0 Å². The van der Waals surface area contributed by atoms with Crippen molar-refractivity contribution in [3.63, 3.8) is 0 Å². The molecular weight excluding hydrogens is 336 g/mol. The molecule has 1 atom stereocenters. The van der Waals surface area contributed by atoms with Gasteiger partial charge < -0.3 is 5.32 Å². The van der Waals surface area contributed by atoms with Gasteiger partial charge in [-0.1, -0.05) is 18.3 Å². The highest BCUT2D eigenvalue weighted by molar-refractivity contribution is 7.15. The van der Waals surface area contributed by atoms with Crippen LogP contribution in [0.25, 0.3) is 0 Å². The Bertz CT molecular complexity index is 651. The second-order valence-electron chi connectivity index (χ2n) is 8.24. The van der Waals surface area contributed by atoms with Crippen LogP contribution in [0.15, 0.2) is 0 Å². The summed E-state index contributed by atoms with van der Waals surface area (Å²) < 4.78 is 0. The van der Waals surface area contributed by atoms with Crippen molar-refractivity contribution in [2.75, 3.05) is 5.32 Å². The molecule has 2 amide bonds. The number of carbonyl (C=O) groups is 2. The van der Waals surface area contributed by atoms with Crippen LogP contribution in [-0.4, -0.2) is 28.1 Å². The van der Waals surface area contributed by atoms with Gasteiger partial charge in [0.2, 0.25) is 16.9 Å². The van der Waals surface area contributed by atoms with E-state index < -0.39 is 6.04 Å².